The molecule has 1 heterocycles. The second-order valence-corrected chi connectivity index (χ2v) is 5.48. The Morgan fingerprint density at radius 3 is 2.64 bits per heavy atom. The van der Waals surface area contributed by atoms with E-state index in [4.69, 9.17) is 0 Å². The molecule has 1 aromatic rings. The molecule has 0 fully saturated rings. The van der Waals surface area contributed by atoms with Gasteiger partial charge in [-0.05, 0) is 35.3 Å². The fraction of sp³-hybridized carbons (Fsp3) is 0.286. The lowest BCUT2D eigenvalue weighted by Crippen LogP contribution is -2.09. The summed E-state index contributed by atoms with van der Waals surface area (Å²) in [6.45, 7) is 3.96. The average molecular weight is 236 g/mol. The molecule has 0 aliphatic rings. The molecule has 0 bridgehead atoms. The van der Waals surface area contributed by atoms with Gasteiger partial charge in [0.1, 0.15) is 5.82 Å². The molecule has 11 heavy (non-hydrogen) atoms. The molecule has 0 radical (unpaired) electrons. The highest BCUT2D eigenvalue weighted by Crippen LogP contribution is 2.24. The lowest BCUT2D eigenvalue weighted by molar-refractivity contribution is 0.630. The van der Waals surface area contributed by atoms with E-state index < -0.39 is 7.92 Å². The van der Waals surface area contributed by atoms with Crippen LogP contribution in [0, 0.1) is 5.82 Å². The van der Waals surface area contributed by atoms with Crippen LogP contribution in [0.25, 0.3) is 0 Å². The standard InChI is InChI=1S/C7H8BrFNP/c1-11(2)7-6(9)3-5(8)4-10-7/h3-4H,1-2H3. The summed E-state index contributed by atoms with van der Waals surface area (Å²) in [7, 11) is -0.436. The zero-order valence-corrected chi connectivity index (χ0v) is 8.79. The van der Waals surface area contributed by atoms with Crippen molar-refractivity contribution in [3.05, 3.63) is 22.6 Å². The summed E-state index contributed by atoms with van der Waals surface area (Å²) < 4.78 is 13.7. The van der Waals surface area contributed by atoms with Gasteiger partial charge < -0.3 is 0 Å². The van der Waals surface area contributed by atoms with Crippen LogP contribution in [-0.4, -0.2) is 18.3 Å². The van der Waals surface area contributed by atoms with Gasteiger partial charge in [0.25, 0.3) is 0 Å². The fourth-order valence-electron chi connectivity index (χ4n) is 0.736. The Hall–Kier alpha value is -0.0100. The van der Waals surface area contributed by atoms with Crippen molar-refractivity contribution >= 4 is 29.3 Å². The topological polar surface area (TPSA) is 12.9 Å². The van der Waals surface area contributed by atoms with Crippen molar-refractivity contribution in [1.82, 2.24) is 4.98 Å². The van der Waals surface area contributed by atoms with Gasteiger partial charge in [0.15, 0.2) is 0 Å². The predicted molar refractivity (Wildman–Crippen MR) is 50.3 cm³/mol. The van der Waals surface area contributed by atoms with Crippen LogP contribution in [0.1, 0.15) is 0 Å². The Balaban J connectivity index is 3.09. The number of pyridine rings is 1. The van der Waals surface area contributed by atoms with E-state index >= 15 is 0 Å². The van der Waals surface area contributed by atoms with Crippen LogP contribution < -0.4 is 5.44 Å². The quantitative estimate of drug-likeness (QED) is 0.682. The zero-order valence-electron chi connectivity index (χ0n) is 6.31. The van der Waals surface area contributed by atoms with Gasteiger partial charge >= 0.3 is 0 Å². The molecule has 60 valence electrons. The van der Waals surface area contributed by atoms with Gasteiger partial charge in [-0.2, -0.15) is 0 Å². The van der Waals surface area contributed by atoms with Crippen LogP contribution in [0.2, 0.25) is 0 Å². The van der Waals surface area contributed by atoms with E-state index in [0.717, 1.165) is 0 Å². The normalized spacial score (nSPS) is 10.6. The van der Waals surface area contributed by atoms with E-state index in [1.807, 2.05) is 13.3 Å². The number of nitrogens with zero attached hydrogens (tertiary/aromatic N) is 1. The van der Waals surface area contributed by atoms with Crippen LogP contribution >= 0.6 is 23.9 Å². The lowest BCUT2D eigenvalue weighted by atomic mass is 10.5. The molecule has 1 nitrogen and oxygen atoms in total. The van der Waals surface area contributed by atoms with Crippen LogP contribution in [0.4, 0.5) is 4.39 Å². The molecule has 0 aliphatic heterocycles. The van der Waals surface area contributed by atoms with Crippen molar-refractivity contribution in [1.29, 1.82) is 0 Å². The lowest BCUT2D eigenvalue weighted by Gasteiger charge is -2.04. The maximum absolute atomic E-state index is 13.0. The fourth-order valence-corrected chi connectivity index (χ4v) is 1.82. The highest BCUT2D eigenvalue weighted by molar-refractivity contribution is 9.10. The summed E-state index contributed by atoms with van der Waals surface area (Å²) in [5.74, 6) is -0.213. The van der Waals surface area contributed by atoms with E-state index in [1.54, 1.807) is 6.20 Å². The molecule has 0 saturated carbocycles. The van der Waals surface area contributed by atoms with Gasteiger partial charge in [-0.15, -0.1) is 0 Å². The second-order valence-electron chi connectivity index (χ2n) is 2.35. The maximum atomic E-state index is 13.0. The van der Waals surface area contributed by atoms with Crippen LogP contribution in [-0.2, 0) is 0 Å². The number of halogens is 2. The third-order valence-electron chi connectivity index (χ3n) is 1.21. The molecule has 1 rings (SSSR count). The van der Waals surface area contributed by atoms with E-state index in [2.05, 4.69) is 20.9 Å². The smallest absolute Gasteiger partial charge is 0.150 e. The Bertz CT molecular complexity index is 265. The summed E-state index contributed by atoms with van der Waals surface area (Å²) in [5, 5.41) is 0. The average Bonchev–Trinajstić information content (AvgIpc) is 1.85. The molecule has 0 unspecified atom stereocenters. The van der Waals surface area contributed by atoms with Crippen molar-refractivity contribution in [3.8, 4) is 0 Å². The molecule has 1 aromatic heterocycles. The van der Waals surface area contributed by atoms with Crippen LogP contribution in [0.5, 0.6) is 0 Å². The van der Waals surface area contributed by atoms with Crippen molar-refractivity contribution in [2.24, 2.45) is 0 Å². The van der Waals surface area contributed by atoms with E-state index in [0.29, 0.717) is 9.91 Å². The SMILES string of the molecule is CP(C)c1ncc(Br)cc1F. The predicted octanol–water partition coefficient (Wildman–Crippen LogP) is 2.35. The largest absolute Gasteiger partial charge is 0.252 e. The molecule has 0 aliphatic carbocycles. The Kier molecular flexibility index (Phi) is 2.97. The minimum absolute atomic E-state index is 0.213. The Morgan fingerprint density at radius 2 is 2.18 bits per heavy atom. The monoisotopic (exact) mass is 235 g/mol. The summed E-state index contributed by atoms with van der Waals surface area (Å²) in [4.78, 5) is 3.98. The Morgan fingerprint density at radius 1 is 1.55 bits per heavy atom. The highest BCUT2D eigenvalue weighted by Gasteiger charge is 2.06. The van der Waals surface area contributed by atoms with Crippen molar-refractivity contribution in [3.63, 3.8) is 0 Å². The second kappa shape index (κ2) is 3.59. The molecule has 4 heteroatoms. The van der Waals surface area contributed by atoms with E-state index in [1.165, 1.54) is 6.07 Å². The minimum Gasteiger partial charge on any atom is -0.252 e. The van der Waals surface area contributed by atoms with Gasteiger partial charge in [-0.25, -0.2) is 4.39 Å². The van der Waals surface area contributed by atoms with Crippen molar-refractivity contribution in [2.75, 3.05) is 13.3 Å². The maximum Gasteiger partial charge on any atom is 0.150 e. The number of hydrogen-bond donors (Lipinski definition) is 0. The van der Waals surface area contributed by atoms with Crippen LogP contribution in [0.3, 0.4) is 0 Å². The van der Waals surface area contributed by atoms with Crippen LogP contribution in [0.15, 0.2) is 16.7 Å². The summed E-state index contributed by atoms with van der Waals surface area (Å²) in [6.07, 6.45) is 1.63. The first-order valence-electron chi connectivity index (χ1n) is 3.09. The summed E-state index contributed by atoms with van der Waals surface area (Å²) >= 11 is 3.15. The van der Waals surface area contributed by atoms with Crippen molar-refractivity contribution < 1.29 is 4.39 Å². The molecule has 0 aromatic carbocycles. The first-order chi connectivity index (χ1) is 5.11. The number of aromatic nitrogens is 1. The molecule has 0 N–H and O–H groups in total. The first-order valence-corrected chi connectivity index (χ1v) is 6.12. The third-order valence-corrected chi connectivity index (χ3v) is 2.82. The molecular formula is C7H8BrFNP. The summed E-state index contributed by atoms with van der Waals surface area (Å²) in [6, 6.07) is 1.45. The highest BCUT2D eigenvalue weighted by atomic mass is 79.9. The first kappa shape index (κ1) is 9.08. The van der Waals surface area contributed by atoms with Gasteiger partial charge in [0.2, 0.25) is 0 Å². The number of rotatable bonds is 1. The van der Waals surface area contributed by atoms with Gasteiger partial charge in [0, 0.05) is 10.7 Å². The van der Waals surface area contributed by atoms with Crippen molar-refractivity contribution in [2.45, 2.75) is 0 Å². The Labute approximate surface area is 74.9 Å². The summed E-state index contributed by atoms with van der Waals surface area (Å²) in [5.41, 5.74) is 0.586. The molecule has 0 spiro atoms. The molecule has 0 atom stereocenters. The third kappa shape index (κ3) is 2.21. The molecular weight excluding hydrogens is 228 g/mol. The molecule has 0 saturated heterocycles. The van der Waals surface area contributed by atoms with E-state index in [9.17, 15) is 4.39 Å². The van der Waals surface area contributed by atoms with Gasteiger partial charge in [0.05, 0.1) is 5.44 Å². The number of hydrogen-bond acceptors (Lipinski definition) is 1. The van der Waals surface area contributed by atoms with E-state index in [-0.39, 0.29) is 5.82 Å². The molecule has 0 amide bonds. The minimum atomic E-state index is -0.436. The van der Waals surface area contributed by atoms with Gasteiger partial charge in [-0.3, -0.25) is 4.98 Å². The van der Waals surface area contributed by atoms with Gasteiger partial charge in [-0.1, -0.05) is 7.92 Å². The zero-order chi connectivity index (χ0) is 8.43.